The van der Waals surface area contributed by atoms with E-state index in [2.05, 4.69) is 11.4 Å². The van der Waals surface area contributed by atoms with Gasteiger partial charge in [0.2, 0.25) is 0 Å². The van der Waals surface area contributed by atoms with Crippen LogP contribution in [0.4, 0.5) is 0 Å². The van der Waals surface area contributed by atoms with E-state index in [4.69, 9.17) is 4.74 Å². The number of methoxy groups -OCH3 is 1. The minimum Gasteiger partial charge on any atom is -0.496 e. The molecule has 3 rings (SSSR count). The van der Waals surface area contributed by atoms with Gasteiger partial charge in [-0.1, -0.05) is 30.4 Å². The highest BCUT2D eigenvalue weighted by atomic mass is 32.2. The van der Waals surface area contributed by atoms with Gasteiger partial charge in [-0.15, -0.1) is 0 Å². The van der Waals surface area contributed by atoms with Gasteiger partial charge in [0.05, 0.1) is 24.0 Å². The van der Waals surface area contributed by atoms with E-state index >= 15 is 0 Å². The molecule has 0 bridgehead atoms. The molecule has 1 aliphatic heterocycles. The van der Waals surface area contributed by atoms with Crippen LogP contribution in [-0.2, 0) is 9.84 Å². The minimum atomic E-state index is -3.65. The third-order valence-corrected chi connectivity index (χ3v) is 6.70. The van der Waals surface area contributed by atoms with Gasteiger partial charge in [-0.05, 0) is 30.7 Å². The lowest BCUT2D eigenvalue weighted by molar-refractivity contribution is 0.405. The number of nitrogens with one attached hydrogen (secondary N) is 1. The van der Waals surface area contributed by atoms with E-state index in [0.29, 0.717) is 11.7 Å². The zero-order chi connectivity index (χ0) is 17.2. The molecule has 0 aromatic heterocycles. The molecule has 1 aromatic carbocycles. The van der Waals surface area contributed by atoms with Crippen molar-refractivity contribution in [3.05, 3.63) is 48.1 Å². The quantitative estimate of drug-likeness (QED) is 0.906. The van der Waals surface area contributed by atoms with E-state index in [0.717, 1.165) is 25.1 Å². The van der Waals surface area contributed by atoms with Gasteiger partial charge in [-0.25, -0.2) is 8.42 Å². The summed E-state index contributed by atoms with van der Waals surface area (Å²) in [5.41, 5.74) is 1.03. The van der Waals surface area contributed by atoms with Crippen molar-refractivity contribution < 1.29 is 13.2 Å². The molecule has 1 aliphatic carbocycles. The largest absolute Gasteiger partial charge is 0.496 e. The maximum absolute atomic E-state index is 13.0. The molecule has 0 saturated carbocycles. The van der Waals surface area contributed by atoms with Gasteiger partial charge in [0.1, 0.15) is 11.0 Å². The fraction of sp³-hybridized carbons (Fsp3) is 0.389. The van der Waals surface area contributed by atoms with Crippen molar-refractivity contribution in [3.63, 3.8) is 0 Å². The number of benzene rings is 1. The Labute approximate surface area is 142 Å². The standard InChI is InChI=1S/C18H20N2O3S/c1-23-17-10-15(6-7-16(17)14-8-9-20-12-14)24(21,22)18-5-3-2-4-13(18)11-19/h2-7,10,13-14,18,20H,8-9,12H2,1H3. The van der Waals surface area contributed by atoms with Gasteiger partial charge >= 0.3 is 0 Å². The van der Waals surface area contributed by atoms with Crippen molar-refractivity contribution in [3.8, 4) is 11.8 Å². The van der Waals surface area contributed by atoms with Crippen LogP contribution in [0.1, 0.15) is 17.9 Å². The average Bonchev–Trinajstić information content (AvgIpc) is 3.15. The molecule has 24 heavy (non-hydrogen) atoms. The highest BCUT2D eigenvalue weighted by molar-refractivity contribution is 7.92. The summed E-state index contributed by atoms with van der Waals surface area (Å²) in [7, 11) is -2.10. The molecular formula is C18H20N2O3S. The van der Waals surface area contributed by atoms with E-state index < -0.39 is 21.0 Å². The van der Waals surface area contributed by atoms with Gasteiger partial charge in [-0.3, -0.25) is 0 Å². The summed E-state index contributed by atoms with van der Waals surface area (Å²) in [6.45, 7) is 1.83. The number of hydrogen-bond donors (Lipinski definition) is 1. The lowest BCUT2D eigenvalue weighted by Gasteiger charge is -2.20. The van der Waals surface area contributed by atoms with Crippen molar-refractivity contribution in [2.45, 2.75) is 22.5 Å². The molecule has 3 atom stereocenters. The SMILES string of the molecule is COc1cc(S(=O)(=O)C2C=CC=CC2C#N)ccc1C1CCNC1. The molecule has 2 aliphatic rings. The number of nitriles is 1. The number of allylic oxidation sites excluding steroid dienone is 3. The molecule has 1 heterocycles. The van der Waals surface area contributed by atoms with Crippen LogP contribution in [0, 0.1) is 17.2 Å². The number of nitrogens with zero attached hydrogens (tertiary/aromatic N) is 1. The summed E-state index contributed by atoms with van der Waals surface area (Å²) in [5.74, 6) is 0.249. The molecule has 1 fully saturated rings. The van der Waals surface area contributed by atoms with Crippen LogP contribution in [0.5, 0.6) is 5.75 Å². The molecule has 3 unspecified atom stereocenters. The van der Waals surface area contributed by atoms with Crippen LogP contribution >= 0.6 is 0 Å². The predicted octanol–water partition coefficient (Wildman–Crippen LogP) is 2.18. The first-order valence-corrected chi connectivity index (χ1v) is 9.49. The van der Waals surface area contributed by atoms with E-state index in [9.17, 15) is 13.7 Å². The predicted molar refractivity (Wildman–Crippen MR) is 91.6 cm³/mol. The fourth-order valence-electron chi connectivity index (χ4n) is 3.28. The Morgan fingerprint density at radius 3 is 2.75 bits per heavy atom. The summed E-state index contributed by atoms with van der Waals surface area (Å²) in [6, 6.07) is 7.12. The lowest BCUT2D eigenvalue weighted by Crippen LogP contribution is -2.27. The summed E-state index contributed by atoms with van der Waals surface area (Å²) in [6.07, 6.45) is 7.58. The second-order valence-electron chi connectivity index (χ2n) is 6.03. The van der Waals surface area contributed by atoms with Gasteiger partial charge < -0.3 is 10.1 Å². The van der Waals surface area contributed by atoms with Gasteiger partial charge in [0.15, 0.2) is 9.84 Å². The second kappa shape index (κ2) is 6.80. The molecule has 1 N–H and O–H groups in total. The normalized spacial score (nSPS) is 26.2. The van der Waals surface area contributed by atoms with Crippen LogP contribution < -0.4 is 10.1 Å². The van der Waals surface area contributed by atoms with Crippen molar-refractivity contribution in [2.24, 2.45) is 5.92 Å². The van der Waals surface area contributed by atoms with Crippen LogP contribution in [-0.4, -0.2) is 33.9 Å². The molecule has 0 radical (unpaired) electrons. The zero-order valence-corrected chi connectivity index (χ0v) is 14.3. The number of hydrogen-bond acceptors (Lipinski definition) is 5. The molecule has 0 spiro atoms. The molecule has 1 saturated heterocycles. The first-order chi connectivity index (χ1) is 11.6. The van der Waals surface area contributed by atoms with Gasteiger partial charge in [0, 0.05) is 12.5 Å². The monoisotopic (exact) mass is 344 g/mol. The smallest absolute Gasteiger partial charge is 0.186 e. The van der Waals surface area contributed by atoms with E-state index in [1.165, 1.54) is 0 Å². The van der Waals surface area contributed by atoms with Crippen LogP contribution in [0.3, 0.4) is 0 Å². The Morgan fingerprint density at radius 2 is 2.08 bits per heavy atom. The van der Waals surface area contributed by atoms with Gasteiger partial charge in [-0.2, -0.15) is 5.26 Å². The zero-order valence-electron chi connectivity index (χ0n) is 13.5. The average molecular weight is 344 g/mol. The topological polar surface area (TPSA) is 79.2 Å². The highest BCUT2D eigenvalue weighted by Gasteiger charge is 2.33. The maximum atomic E-state index is 13.0. The van der Waals surface area contributed by atoms with Gasteiger partial charge in [0.25, 0.3) is 0 Å². The van der Waals surface area contributed by atoms with Crippen molar-refractivity contribution in [1.82, 2.24) is 5.32 Å². The highest BCUT2D eigenvalue weighted by Crippen LogP contribution is 2.34. The summed E-state index contributed by atoms with van der Waals surface area (Å²) in [4.78, 5) is 0.194. The Balaban J connectivity index is 1.98. The third-order valence-electron chi connectivity index (χ3n) is 4.63. The molecule has 6 heteroatoms. The van der Waals surface area contributed by atoms with Crippen molar-refractivity contribution >= 4 is 9.84 Å². The molecule has 0 amide bonds. The Bertz CT molecular complexity index is 815. The molecule has 1 aromatic rings. The summed E-state index contributed by atoms with van der Waals surface area (Å²) >= 11 is 0. The lowest BCUT2D eigenvalue weighted by atomic mass is 9.97. The van der Waals surface area contributed by atoms with Crippen LogP contribution in [0.15, 0.2) is 47.4 Å². The first-order valence-electron chi connectivity index (χ1n) is 7.95. The summed E-state index contributed by atoms with van der Waals surface area (Å²) in [5, 5.41) is 11.7. The third kappa shape index (κ3) is 2.97. The summed E-state index contributed by atoms with van der Waals surface area (Å²) < 4.78 is 31.4. The van der Waals surface area contributed by atoms with E-state index in [-0.39, 0.29) is 4.90 Å². The number of rotatable bonds is 4. The second-order valence-corrected chi connectivity index (χ2v) is 8.13. The Morgan fingerprint density at radius 1 is 1.29 bits per heavy atom. The van der Waals surface area contributed by atoms with Crippen LogP contribution in [0.2, 0.25) is 0 Å². The first kappa shape index (κ1) is 16.7. The van der Waals surface area contributed by atoms with Crippen molar-refractivity contribution in [2.75, 3.05) is 20.2 Å². The van der Waals surface area contributed by atoms with Crippen LogP contribution in [0.25, 0.3) is 0 Å². The fourth-order valence-corrected chi connectivity index (χ4v) is 4.96. The number of ether oxygens (including phenoxy) is 1. The minimum absolute atomic E-state index is 0.194. The Hall–Kier alpha value is -2.10. The molecule has 126 valence electrons. The van der Waals surface area contributed by atoms with E-state index in [1.54, 1.807) is 43.5 Å². The van der Waals surface area contributed by atoms with Crippen molar-refractivity contribution in [1.29, 1.82) is 5.26 Å². The molecular weight excluding hydrogens is 324 g/mol. The molecule has 5 nitrogen and oxygen atoms in total. The maximum Gasteiger partial charge on any atom is 0.186 e. The van der Waals surface area contributed by atoms with E-state index in [1.807, 2.05) is 6.07 Å². The number of sulfone groups is 1. The Kier molecular flexibility index (Phi) is 4.74.